The number of ether oxygens (including phenoxy) is 2. The van der Waals surface area contributed by atoms with Crippen molar-refractivity contribution in [1.82, 2.24) is 15.0 Å². The Morgan fingerprint density at radius 1 is 1.16 bits per heavy atom. The summed E-state index contributed by atoms with van der Waals surface area (Å²) in [5, 5.41) is 3.98. The first-order valence-electron chi connectivity index (χ1n) is 8.07. The number of furan rings is 1. The summed E-state index contributed by atoms with van der Waals surface area (Å²) in [6.07, 6.45) is 1.60. The molecule has 1 aromatic carbocycles. The van der Waals surface area contributed by atoms with Gasteiger partial charge in [0.2, 0.25) is 11.7 Å². The highest BCUT2D eigenvalue weighted by atomic mass is 16.5. The van der Waals surface area contributed by atoms with Crippen LogP contribution in [0.25, 0.3) is 11.6 Å². The molecule has 2 aromatic heterocycles. The molecule has 0 unspecified atom stereocenters. The maximum absolute atomic E-state index is 5.38. The van der Waals surface area contributed by atoms with Crippen LogP contribution in [0.15, 0.2) is 45.5 Å². The Kier molecular flexibility index (Phi) is 4.15. The second-order valence-corrected chi connectivity index (χ2v) is 6.05. The average molecular weight is 341 g/mol. The topological polar surface area (TPSA) is 73.8 Å². The van der Waals surface area contributed by atoms with E-state index in [1.807, 2.05) is 24.3 Å². The third-order valence-electron chi connectivity index (χ3n) is 4.31. The lowest BCUT2D eigenvalue weighted by Gasteiger charge is -2.37. The molecule has 7 heteroatoms. The third-order valence-corrected chi connectivity index (χ3v) is 4.31. The average Bonchev–Trinajstić information content (AvgIpc) is 3.28. The van der Waals surface area contributed by atoms with Gasteiger partial charge in [0.05, 0.1) is 26.4 Å². The van der Waals surface area contributed by atoms with Crippen molar-refractivity contribution in [2.24, 2.45) is 0 Å². The molecule has 0 bridgehead atoms. The molecule has 0 saturated carbocycles. The van der Waals surface area contributed by atoms with Crippen LogP contribution >= 0.6 is 0 Å². The van der Waals surface area contributed by atoms with Crippen molar-refractivity contribution in [2.75, 3.05) is 27.3 Å². The highest BCUT2D eigenvalue weighted by Gasteiger charge is 2.33. The van der Waals surface area contributed by atoms with Gasteiger partial charge in [-0.25, -0.2) is 0 Å². The second-order valence-electron chi connectivity index (χ2n) is 6.05. The van der Waals surface area contributed by atoms with Crippen LogP contribution in [-0.2, 0) is 6.54 Å². The maximum atomic E-state index is 5.38. The van der Waals surface area contributed by atoms with E-state index in [0.29, 0.717) is 17.5 Å². The Morgan fingerprint density at radius 3 is 2.56 bits per heavy atom. The standard InChI is InChI=1S/C18H19N3O4/c1-22-14-6-12(7-15(8-14)23-2)9-21-10-13(11-21)18-19-17(20-25-18)16-4-3-5-24-16/h3-8,13H,9-11H2,1-2H3. The molecule has 0 radical (unpaired) electrons. The van der Waals surface area contributed by atoms with Crippen LogP contribution in [-0.4, -0.2) is 42.3 Å². The van der Waals surface area contributed by atoms with E-state index < -0.39 is 0 Å². The number of hydrogen-bond acceptors (Lipinski definition) is 7. The Bertz CT molecular complexity index is 816. The molecule has 1 fully saturated rings. The molecule has 0 amide bonds. The molecule has 3 aromatic rings. The second kappa shape index (κ2) is 6.60. The molecule has 0 aliphatic carbocycles. The first-order valence-corrected chi connectivity index (χ1v) is 8.07. The van der Waals surface area contributed by atoms with E-state index in [4.69, 9.17) is 18.4 Å². The highest BCUT2D eigenvalue weighted by molar-refractivity contribution is 5.45. The number of hydrogen-bond donors (Lipinski definition) is 0. The van der Waals surface area contributed by atoms with E-state index in [1.54, 1.807) is 26.5 Å². The molecule has 0 N–H and O–H groups in total. The summed E-state index contributed by atoms with van der Waals surface area (Å²) in [6.45, 7) is 2.57. The zero-order valence-electron chi connectivity index (χ0n) is 14.1. The smallest absolute Gasteiger partial charge is 0.238 e. The number of nitrogens with zero attached hydrogens (tertiary/aromatic N) is 3. The first kappa shape index (κ1) is 15.7. The van der Waals surface area contributed by atoms with Gasteiger partial charge in [0.1, 0.15) is 11.5 Å². The minimum absolute atomic E-state index is 0.253. The van der Waals surface area contributed by atoms with Crippen LogP contribution in [0.5, 0.6) is 11.5 Å². The summed E-state index contributed by atoms with van der Waals surface area (Å²) in [6, 6.07) is 9.54. The van der Waals surface area contributed by atoms with Crippen molar-refractivity contribution in [3.8, 4) is 23.1 Å². The van der Waals surface area contributed by atoms with E-state index in [0.717, 1.165) is 36.7 Å². The van der Waals surface area contributed by atoms with Gasteiger partial charge in [-0.3, -0.25) is 4.90 Å². The van der Waals surface area contributed by atoms with Gasteiger partial charge in [0.25, 0.3) is 0 Å². The molecule has 0 atom stereocenters. The van der Waals surface area contributed by atoms with E-state index in [9.17, 15) is 0 Å². The Morgan fingerprint density at radius 2 is 1.92 bits per heavy atom. The van der Waals surface area contributed by atoms with Gasteiger partial charge in [0.15, 0.2) is 5.76 Å². The minimum atomic E-state index is 0.253. The Labute approximate surface area is 145 Å². The van der Waals surface area contributed by atoms with Gasteiger partial charge in [-0.1, -0.05) is 5.16 Å². The molecule has 4 rings (SSSR count). The molecular weight excluding hydrogens is 322 g/mol. The van der Waals surface area contributed by atoms with Gasteiger partial charge in [0, 0.05) is 25.7 Å². The fourth-order valence-corrected chi connectivity index (χ4v) is 2.98. The maximum Gasteiger partial charge on any atom is 0.238 e. The van der Waals surface area contributed by atoms with Crippen molar-refractivity contribution in [3.05, 3.63) is 48.0 Å². The van der Waals surface area contributed by atoms with Crippen LogP contribution in [0.2, 0.25) is 0 Å². The van der Waals surface area contributed by atoms with Crippen LogP contribution in [0.3, 0.4) is 0 Å². The fraction of sp³-hybridized carbons (Fsp3) is 0.333. The lowest BCUT2D eigenvalue weighted by molar-refractivity contribution is 0.117. The van der Waals surface area contributed by atoms with Gasteiger partial charge in [-0.15, -0.1) is 0 Å². The van der Waals surface area contributed by atoms with Crippen LogP contribution in [0.1, 0.15) is 17.4 Å². The summed E-state index contributed by atoms with van der Waals surface area (Å²) in [7, 11) is 3.31. The lowest BCUT2D eigenvalue weighted by atomic mass is 9.99. The quantitative estimate of drug-likeness (QED) is 0.682. The third kappa shape index (κ3) is 3.23. The number of aromatic nitrogens is 2. The predicted molar refractivity (Wildman–Crippen MR) is 89.6 cm³/mol. The number of likely N-dealkylation sites (tertiary alicyclic amines) is 1. The van der Waals surface area contributed by atoms with Crippen molar-refractivity contribution in [3.63, 3.8) is 0 Å². The van der Waals surface area contributed by atoms with Crippen LogP contribution in [0.4, 0.5) is 0 Å². The van der Waals surface area contributed by atoms with Gasteiger partial charge < -0.3 is 18.4 Å². The number of methoxy groups -OCH3 is 2. The first-order chi connectivity index (χ1) is 12.2. The summed E-state index contributed by atoms with van der Waals surface area (Å²) in [4.78, 5) is 6.75. The summed E-state index contributed by atoms with van der Waals surface area (Å²) in [5.41, 5.74) is 1.15. The molecular formula is C18H19N3O4. The minimum Gasteiger partial charge on any atom is -0.497 e. The highest BCUT2D eigenvalue weighted by Crippen LogP contribution is 2.30. The SMILES string of the molecule is COc1cc(CN2CC(c3nc(-c4ccco4)no3)C2)cc(OC)c1. The predicted octanol–water partition coefficient (Wildman–Crippen LogP) is 2.95. The number of benzene rings is 1. The van der Waals surface area contributed by atoms with E-state index >= 15 is 0 Å². The van der Waals surface area contributed by atoms with Crippen molar-refractivity contribution >= 4 is 0 Å². The zero-order valence-corrected chi connectivity index (χ0v) is 14.1. The zero-order chi connectivity index (χ0) is 17.2. The Balaban J connectivity index is 1.38. The fourth-order valence-electron chi connectivity index (χ4n) is 2.98. The van der Waals surface area contributed by atoms with Crippen molar-refractivity contribution in [1.29, 1.82) is 0 Å². The molecule has 0 spiro atoms. The van der Waals surface area contributed by atoms with Crippen LogP contribution in [0, 0.1) is 0 Å². The summed E-state index contributed by atoms with van der Waals surface area (Å²) in [5.74, 6) is 3.62. The van der Waals surface area contributed by atoms with E-state index in [-0.39, 0.29) is 5.92 Å². The summed E-state index contributed by atoms with van der Waals surface area (Å²) >= 11 is 0. The van der Waals surface area contributed by atoms with Gasteiger partial charge in [-0.2, -0.15) is 4.98 Å². The monoisotopic (exact) mass is 341 g/mol. The molecule has 1 saturated heterocycles. The summed E-state index contributed by atoms with van der Waals surface area (Å²) < 4.78 is 21.3. The van der Waals surface area contributed by atoms with Crippen molar-refractivity contribution < 1.29 is 18.4 Å². The van der Waals surface area contributed by atoms with Crippen LogP contribution < -0.4 is 9.47 Å². The van der Waals surface area contributed by atoms with Gasteiger partial charge >= 0.3 is 0 Å². The molecule has 1 aliphatic rings. The number of rotatable bonds is 6. The molecule has 130 valence electrons. The lowest BCUT2D eigenvalue weighted by Crippen LogP contribution is -2.44. The molecule has 3 heterocycles. The Hall–Kier alpha value is -2.80. The normalized spacial score (nSPS) is 15.1. The largest absolute Gasteiger partial charge is 0.497 e. The van der Waals surface area contributed by atoms with Gasteiger partial charge in [-0.05, 0) is 29.8 Å². The van der Waals surface area contributed by atoms with E-state index in [2.05, 4.69) is 15.0 Å². The molecule has 7 nitrogen and oxygen atoms in total. The molecule has 1 aliphatic heterocycles. The molecule has 25 heavy (non-hydrogen) atoms. The van der Waals surface area contributed by atoms with Crippen molar-refractivity contribution in [2.45, 2.75) is 12.5 Å². The van der Waals surface area contributed by atoms with E-state index in [1.165, 1.54) is 0 Å².